The van der Waals surface area contributed by atoms with E-state index in [2.05, 4.69) is 27.3 Å². The standard InChI is InChI=1S/C17H17BrN2O/c1-12-3-5-17(6-4-12)21-11-13(2)20-16-8-14(10-19)7-15(18)9-16/h3-9,13,20H,11H2,1-2H3. The average molecular weight is 345 g/mol. The normalized spacial score (nSPS) is 11.5. The van der Waals surface area contributed by atoms with E-state index in [0.29, 0.717) is 12.2 Å². The Morgan fingerprint density at radius 3 is 2.62 bits per heavy atom. The van der Waals surface area contributed by atoms with Crippen molar-refractivity contribution in [3.8, 4) is 11.8 Å². The van der Waals surface area contributed by atoms with Crippen LogP contribution in [0.4, 0.5) is 5.69 Å². The summed E-state index contributed by atoms with van der Waals surface area (Å²) >= 11 is 3.40. The highest BCUT2D eigenvalue weighted by Crippen LogP contribution is 2.20. The van der Waals surface area contributed by atoms with Crippen molar-refractivity contribution in [3.05, 3.63) is 58.1 Å². The van der Waals surface area contributed by atoms with Crippen molar-refractivity contribution in [2.75, 3.05) is 11.9 Å². The van der Waals surface area contributed by atoms with Gasteiger partial charge in [-0.2, -0.15) is 5.26 Å². The van der Waals surface area contributed by atoms with E-state index in [1.165, 1.54) is 5.56 Å². The molecule has 4 heteroatoms. The second kappa shape index (κ2) is 7.14. The highest BCUT2D eigenvalue weighted by Gasteiger charge is 2.05. The van der Waals surface area contributed by atoms with Crippen LogP contribution < -0.4 is 10.1 Å². The molecule has 0 saturated carbocycles. The van der Waals surface area contributed by atoms with Gasteiger partial charge >= 0.3 is 0 Å². The van der Waals surface area contributed by atoms with Crippen LogP contribution in [0.2, 0.25) is 0 Å². The molecule has 0 amide bonds. The Hall–Kier alpha value is -1.99. The Balaban J connectivity index is 1.92. The molecule has 1 N–H and O–H groups in total. The number of nitrogens with one attached hydrogen (secondary N) is 1. The zero-order chi connectivity index (χ0) is 15.2. The summed E-state index contributed by atoms with van der Waals surface area (Å²) in [7, 11) is 0. The number of hydrogen-bond acceptors (Lipinski definition) is 3. The summed E-state index contributed by atoms with van der Waals surface area (Å²) in [5.74, 6) is 0.862. The lowest BCUT2D eigenvalue weighted by atomic mass is 10.2. The Morgan fingerprint density at radius 2 is 1.95 bits per heavy atom. The summed E-state index contributed by atoms with van der Waals surface area (Å²) in [6, 6.07) is 15.8. The van der Waals surface area contributed by atoms with Crippen molar-refractivity contribution in [2.24, 2.45) is 0 Å². The fraction of sp³-hybridized carbons (Fsp3) is 0.235. The lowest BCUT2D eigenvalue weighted by Crippen LogP contribution is -2.23. The monoisotopic (exact) mass is 344 g/mol. The minimum atomic E-state index is 0.132. The highest BCUT2D eigenvalue weighted by molar-refractivity contribution is 9.10. The quantitative estimate of drug-likeness (QED) is 0.867. The van der Waals surface area contributed by atoms with E-state index >= 15 is 0 Å². The summed E-state index contributed by atoms with van der Waals surface area (Å²) in [5, 5.41) is 12.3. The van der Waals surface area contributed by atoms with Crippen LogP contribution in [0.5, 0.6) is 5.75 Å². The first-order valence-corrected chi connectivity index (χ1v) is 7.53. The molecule has 0 aliphatic heterocycles. The van der Waals surface area contributed by atoms with Crippen molar-refractivity contribution >= 4 is 21.6 Å². The van der Waals surface area contributed by atoms with E-state index in [1.807, 2.05) is 50.2 Å². The molecule has 0 spiro atoms. The zero-order valence-electron chi connectivity index (χ0n) is 12.1. The first-order valence-electron chi connectivity index (χ1n) is 6.73. The van der Waals surface area contributed by atoms with E-state index in [0.717, 1.165) is 15.9 Å². The van der Waals surface area contributed by atoms with Crippen LogP contribution in [0, 0.1) is 18.3 Å². The Morgan fingerprint density at radius 1 is 1.24 bits per heavy atom. The van der Waals surface area contributed by atoms with Gasteiger partial charge in [-0.3, -0.25) is 0 Å². The molecule has 0 aliphatic carbocycles. The molecule has 0 fully saturated rings. The summed E-state index contributed by atoms with van der Waals surface area (Å²) in [6.07, 6.45) is 0. The van der Waals surface area contributed by atoms with Crippen LogP contribution >= 0.6 is 15.9 Å². The van der Waals surface area contributed by atoms with Gasteiger partial charge in [0.25, 0.3) is 0 Å². The number of ether oxygens (including phenoxy) is 1. The average Bonchev–Trinajstić information content (AvgIpc) is 2.46. The lowest BCUT2D eigenvalue weighted by Gasteiger charge is -2.16. The molecule has 0 radical (unpaired) electrons. The van der Waals surface area contributed by atoms with Crippen molar-refractivity contribution in [1.29, 1.82) is 5.26 Å². The number of nitriles is 1. The van der Waals surface area contributed by atoms with Crippen LogP contribution in [0.3, 0.4) is 0 Å². The Kier molecular flexibility index (Phi) is 5.24. The molecule has 2 rings (SSSR count). The largest absolute Gasteiger partial charge is 0.491 e. The molecular formula is C17H17BrN2O. The Bertz CT molecular complexity index is 647. The fourth-order valence-electron chi connectivity index (χ4n) is 1.92. The van der Waals surface area contributed by atoms with Crippen molar-refractivity contribution in [1.82, 2.24) is 0 Å². The zero-order valence-corrected chi connectivity index (χ0v) is 13.6. The van der Waals surface area contributed by atoms with Crippen LogP contribution in [0.25, 0.3) is 0 Å². The van der Waals surface area contributed by atoms with Crippen molar-refractivity contribution < 1.29 is 4.74 Å². The van der Waals surface area contributed by atoms with Crippen LogP contribution in [0.15, 0.2) is 46.9 Å². The van der Waals surface area contributed by atoms with Gasteiger partial charge in [-0.15, -0.1) is 0 Å². The van der Waals surface area contributed by atoms with E-state index in [-0.39, 0.29) is 6.04 Å². The fourth-order valence-corrected chi connectivity index (χ4v) is 2.41. The van der Waals surface area contributed by atoms with Gasteiger partial charge in [-0.25, -0.2) is 0 Å². The second-order valence-corrected chi connectivity index (χ2v) is 5.93. The van der Waals surface area contributed by atoms with E-state index in [9.17, 15) is 0 Å². The summed E-state index contributed by atoms with van der Waals surface area (Å²) in [5.41, 5.74) is 2.74. The predicted molar refractivity (Wildman–Crippen MR) is 88.6 cm³/mol. The number of benzene rings is 2. The third kappa shape index (κ3) is 4.80. The van der Waals surface area contributed by atoms with Gasteiger partial charge in [-0.1, -0.05) is 33.6 Å². The summed E-state index contributed by atoms with van der Waals surface area (Å²) in [4.78, 5) is 0. The molecule has 2 aromatic rings. The number of anilines is 1. The third-order valence-electron chi connectivity index (χ3n) is 2.96. The smallest absolute Gasteiger partial charge is 0.119 e. The number of aryl methyl sites for hydroxylation is 1. The van der Waals surface area contributed by atoms with Gasteiger partial charge in [0.2, 0.25) is 0 Å². The molecule has 1 atom stereocenters. The third-order valence-corrected chi connectivity index (χ3v) is 3.42. The SMILES string of the molecule is Cc1ccc(OCC(C)Nc2cc(Br)cc(C#N)c2)cc1. The molecule has 0 bridgehead atoms. The molecule has 0 aromatic heterocycles. The topological polar surface area (TPSA) is 45.0 Å². The number of halogens is 1. The minimum Gasteiger partial charge on any atom is -0.491 e. The molecule has 21 heavy (non-hydrogen) atoms. The maximum absolute atomic E-state index is 8.97. The van der Waals surface area contributed by atoms with Crippen LogP contribution in [-0.4, -0.2) is 12.6 Å². The van der Waals surface area contributed by atoms with Gasteiger partial charge in [0, 0.05) is 10.2 Å². The molecule has 108 valence electrons. The van der Waals surface area contributed by atoms with Crippen molar-refractivity contribution in [2.45, 2.75) is 19.9 Å². The molecule has 0 saturated heterocycles. The Labute approximate surface area is 133 Å². The number of nitrogens with zero attached hydrogens (tertiary/aromatic N) is 1. The molecule has 0 aliphatic rings. The summed E-state index contributed by atoms with van der Waals surface area (Å²) < 4.78 is 6.63. The van der Waals surface area contributed by atoms with E-state index in [4.69, 9.17) is 10.00 Å². The van der Waals surface area contributed by atoms with Gasteiger partial charge in [0.05, 0.1) is 17.7 Å². The summed E-state index contributed by atoms with van der Waals surface area (Å²) in [6.45, 7) is 4.65. The first-order chi connectivity index (χ1) is 10.1. The van der Waals surface area contributed by atoms with Gasteiger partial charge < -0.3 is 10.1 Å². The van der Waals surface area contributed by atoms with Crippen LogP contribution in [-0.2, 0) is 0 Å². The van der Waals surface area contributed by atoms with Gasteiger partial charge in [-0.05, 0) is 44.2 Å². The highest BCUT2D eigenvalue weighted by atomic mass is 79.9. The van der Waals surface area contributed by atoms with Gasteiger partial charge in [0.15, 0.2) is 0 Å². The molecule has 1 unspecified atom stereocenters. The molecule has 3 nitrogen and oxygen atoms in total. The van der Waals surface area contributed by atoms with Crippen LogP contribution in [0.1, 0.15) is 18.1 Å². The van der Waals surface area contributed by atoms with E-state index < -0.39 is 0 Å². The van der Waals surface area contributed by atoms with Crippen molar-refractivity contribution in [3.63, 3.8) is 0 Å². The first kappa shape index (κ1) is 15.4. The molecule has 0 heterocycles. The number of hydrogen-bond donors (Lipinski definition) is 1. The number of rotatable bonds is 5. The predicted octanol–water partition coefficient (Wildman–Crippen LogP) is 4.51. The lowest BCUT2D eigenvalue weighted by molar-refractivity contribution is 0.304. The second-order valence-electron chi connectivity index (χ2n) is 5.01. The molecular weight excluding hydrogens is 328 g/mol. The van der Waals surface area contributed by atoms with E-state index in [1.54, 1.807) is 6.07 Å². The maximum atomic E-state index is 8.97. The van der Waals surface area contributed by atoms with Gasteiger partial charge in [0.1, 0.15) is 12.4 Å². The minimum absolute atomic E-state index is 0.132. The maximum Gasteiger partial charge on any atom is 0.119 e. The molecule has 2 aromatic carbocycles.